The minimum absolute atomic E-state index is 0.272. The lowest BCUT2D eigenvalue weighted by Gasteiger charge is -2.20. The van der Waals surface area contributed by atoms with Gasteiger partial charge in [0.2, 0.25) is 0 Å². The Labute approximate surface area is 97.7 Å². The molecule has 1 N–H and O–H groups in total. The van der Waals surface area contributed by atoms with E-state index < -0.39 is 10.8 Å². The standard InChI is InChI=1S/C12H27NOS/c1-5-7-8-10-15(14)12(4)11(3)13-9-6-2/h11-13H,5-10H2,1-4H3. The largest absolute Gasteiger partial charge is 0.313 e. The van der Waals surface area contributed by atoms with Crippen molar-refractivity contribution in [1.29, 1.82) is 0 Å². The van der Waals surface area contributed by atoms with E-state index in [-0.39, 0.29) is 5.25 Å². The van der Waals surface area contributed by atoms with Crippen LogP contribution in [-0.4, -0.2) is 27.8 Å². The quantitative estimate of drug-likeness (QED) is 0.620. The van der Waals surface area contributed by atoms with E-state index in [4.69, 9.17) is 0 Å². The summed E-state index contributed by atoms with van der Waals surface area (Å²) in [5.74, 6) is 0.868. The van der Waals surface area contributed by atoms with Crippen LogP contribution < -0.4 is 5.32 Å². The van der Waals surface area contributed by atoms with Crippen LogP contribution in [0.2, 0.25) is 0 Å². The van der Waals surface area contributed by atoms with Crippen molar-refractivity contribution in [2.45, 2.75) is 64.7 Å². The monoisotopic (exact) mass is 233 g/mol. The molecule has 3 unspecified atom stereocenters. The van der Waals surface area contributed by atoms with Gasteiger partial charge in [0.15, 0.2) is 0 Å². The second-order valence-electron chi connectivity index (χ2n) is 4.24. The van der Waals surface area contributed by atoms with Crippen molar-refractivity contribution in [3.05, 3.63) is 0 Å². The van der Waals surface area contributed by atoms with Crippen molar-refractivity contribution in [3.8, 4) is 0 Å². The molecule has 3 heteroatoms. The lowest BCUT2D eigenvalue weighted by molar-refractivity contribution is 0.531. The molecule has 0 saturated heterocycles. The third-order valence-corrected chi connectivity index (χ3v) is 4.71. The zero-order valence-corrected chi connectivity index (χ0v) is 11.5. The number of unbranched alkanes of at least 4 members (excludes halogenated alkanes) is 2. The zero-order chi connectivity index (χ0) is 11.7. The first-order chi connectivity index (χ1) is 7.13. The van der Waals surface area contributed by atoms with Gasteiger partial charge in [0, 0.05) is 27.8 Å². The van der Waals surface area contributed by atoms with Crippen molar-refractivity contribution in [2.24, 2.45) is 0 Å². The van der Waals surface area contributed by atoms with Crippen molar-refractivity contribution < 1.29 is 4.21 Å². The minimum Gasteiger partial charge on any atom is -0.313 e. The highest BCUT2D eigenvalue weighted by Gasteiger charge is 2.17. The molecule has 0 spiro atoms. The molecule has 2 nitrogen and oxygen atoms in total. The second-order valence-corrected chi connectivity index (χ2v) is 6.15. The van der Waals surface area contributed by atoms with Gasteiger partial charge in [-0.05, 0) is 33.2 Å². The maximum atomic E-state index is 11.9. The predicted molar refractivity (Wildman–Crippen MR) is 69.8 cm³/mol. The Morgan fingerprint density at radius 1 is 1.13 bits per heavy atom. The molecular weight excluding hydrogens is 206 g/mol. The summed E-state index contributed by atoms with van der Waals surface area (Å²) < 4.78 is 11.9. The highest BCUT2D eigenvalue weighted by atomic mass is 32.2. The molecule has 0 aliphatic heterocycles. The molecule has 0 heterocycles. The Bertz CT molecular complexity index is 173. The summed E-state index contributed by atoms with van der Waals surface area (Å²) in [5.41, 5.74) is 0. The number of hydrogen-bond acceptors (Lipinski definition) is 2. The average Bonchev–Trinajstić information content (AvgIpc) is 2.24. The topological polar surface area (TPSA) is 29.1 Å². The molecule has 92 valence electrons. The number of rotatable bonds is 9. The molecule has 0 aliphatic rings. The van der Waals surface area contributed by atoms with Crippen LogP contribution in [0.1, 0.15) is 53.4 Å². The van der Waals surface area contributed by atoms with Gasteiger partial charge in [-0.1, -0.05) is 26.7 Å². The molecular formula is C12H27NOS. The molecule has 0 bridgehead atoms. The van der Waals surface area contributed by atoms with E-state index in [1.54, 1.807) is 0 Å². The highest BCUT2D eigenvalue weighted by molar-refractivity contribution is 7.85. The lowest BCUT2D eigenvalue weighted by atomic mass is 10.2. The Morgan fingerprint density at radius 2 is 1.80 bits per heavy atom. The van der Waals surface area contributed by atoms with Gasteiger partial charge >= 0.3 is 0 Å². The van der Waals surface area contributed by atoms with E-state index in [9.17, 15) is 4.21 Å². The van der Waals surface area contributed by atoms with Gasteiger partial charge < -0.3 is 5.32 Å². The van der Waals surface area contributed by atoms with Crippen LogP contribution in [-0.2, 0) is 10.8 Å². The molecule has 0 rings (SSSR count). The Kier molecular flexibility index (Phi) is 9.41. The number of nitrogens with one attached hydrogen (secondary N) is 1. The summed E-state index contributed by atoms with van der Waals surface area (Å²) in [7, 11) is -0.662. The summed E-state index contributed by atoms with van der Waals surface area (Å²) in [6.07, 6.45) is 4.65. The third kappa shape index (κ3) is 7.07. The smallest absolute Gasteiger partial charge is 0.0470 e. The Hall–Kier alpha value is 0.110. The van der Waals surface area contributed by atoms with Crippen LogP contribution in [0.5, 0.6) is 0 Å². The molecule has 0 aromatic carbocycles. The molecule has 0 saturated carbocycles. The minimum atomic E-state index is -0.662. The second kappa shape index (κ2) is 9.34. The fourth-order valence-electron chi connectivity index (χ4n) is 1.45. The van der Waals surface area contributed by atoms with Crippen molar-refractivity contribution in [3.63, 3.8) is 0 Å². The normalized spacial score (nSPS) is 17.3. The summed E-state index contributed by atoms with van der Waals surface area (Å²) in [6.45, 7) is 9.59. The summed E-state index contributed by atoms with van der Waals surface area (Å²) in [6, 6.07) is 0.368. The summed E-state index contributed by atoms with van der Waals surface area (Å²) >= 11 is 0. The first-order valence-corrected chi connectivity index (χ1v) is 7.62. The van der Waals surface area contributed by atoms with Crippen LogP contribution in [0.3, 0.4) is 0 Å². The summed E-state index contributed by atoms with van der Waals surface area (Å²) in [5, 5.41) is 3.68. The van der Waals surface area contributed by atoms with Crippen molar-refractivity contribution in [2.75, 3.05) is 12.3 Å². The molecule has 0 amide bonds. The molecule has 0 aliphatic carbocycles. The Balaban J connectivity index is 3.75. The Morgan fingerprint density at radius 3 is 2.33 bits per heavy atom. The van der Waals surface area contributed by atoms with Crippen LogP contribution in [0.25, 0.3) is 0 Å². The highest BCUT2D eigenvalue weighted by Crippen LogP contribution is 2.06. The molecule has 0 radical (unpaired) electrons. The average molecular weight is 233 g/mol. The van der Waals surface area contributed by atoms with Crippen LogP contribution in [0.15, 0.2) is 0 Å². The molecule has 0 fully saturated rings. The maximum absolute atomic E-state index is 11.9. The fraction of sp³-hybridized carbons (Fsp3) is 1.00. The van der Waals surface area contributed by atoms with Gasteiger partial charge in [-0.25, -0.2) is 0 Å². The van der Waals surface area contributed by atoms with E-state index in [0.717, 1.165) is 25.1 Å². The first-order valence-electron chi connectivity index (χ1n) is 6.24. The zero-order valence-electron chi connectivity index (χ0n) is 10.7. The van der Waals surface area contributed by atoms with E-state index in [1.165, 1.54) is 12.8 Å². The van der Waals surface area contributed by atoms with Crippen LogP contribution in [0, 0.1) is 0 Å². The first kappa shape index (κ1) is 15.1. The predicted octanol–water partition coefficient (Wildman–Crippen LogP) is 2.70. The SMILES string of the molecule is CCCCCS(=O)C(C)C(C)NCCC. The van der Waals surface area contributed by atoms with Gasteiger partial charge in [-0.3, -0.25) is 4.21 Å². The molecule has 0 aromatic rings. The summed E-state index contributed by atoms with van der Waals surface area (Å²) in [4.78, 5) is 0. The lowest BCUT2D eigenvalue weighted by Crippen LogP contribution is -2.39. The van der Waals surface area contributed by atoms with Gasteiger partial charge in [-0.2, -0.15) is 0 Å². The fourth-order valence-corrected chi connectivity index (χ4v) is 2.86. The van der Waals surface area contributed by atoms with E-state index in [0.29, 0.717) is 6.04 Å². The van der Waals surface area contributed by atoms with Gasteiger partial charge in [0.25, 0.3) is 0 Å². The third-order valence-electron chi connectivity index (χ3n) is 2.78. The molecule has 3 atom stereocenters. The van der Waals surface area contributed by atoms with E-state index >= 15 is 0 Å². The van der Waals surface area contributed by atoms with Gasteiger partial charge in [0.05, 0.1) is 0 Å². The number of hydrogen-bond donors (Lipinski definition) is 1. The van der Waals surface area contributed by atoms with E-state index in [2.05, 4.69) is 33.0 Å². The van der Waals surface area contributed by atoms with Crippen molar-refractivity contribution in [1.82, 2.24) is 5.32 Å². The van der Waals surface area contributed by atoms with Crippen LogP contribution >= 0.6 is 0 Å². The van der Waals surface area contributed by atoms with Crippen molar-refractivity contribution >= 4 is 10.8 Å². The molecule has 0 aromatic heterocycles. The molecule has 15 heavy (non-hydrogen) atoms. The van der Waals surface area contributed by atoms with Gasteiger partial charge in [-0.15, -0.1) is 0 Å². The van der Waals surface area contributed by atoms with Gasteiger partial charge in [0.1, 0.15) is 0 Å². The van der Waals surface area contributed by atoms with E-state index in [1.807, 2.05) is 0 Å². The maximum Gasteiger partial charge on any atom is 0.0470 e. The van der Waals surface area contributed by atoms with Crippen LogP contribution in [0.4, 0.5) is 0 Å².